The molecule has 3 aromatic rings. The third kappa shape index (κ3) is 4.85. The molecule has 0 saturated carbocycles. The monoisotopic (exact) mass is 401 g/mol. The lowest BCUT2D eigenvalue weighted by atomic mass is 10.2. The van der Waals surface area contributed by atoms with Crippen LogP contribution in [0.2, 0.25) is 0 Å². The van der Waals surface area contributed by atoms with Gasteiger partial charge in [0.15, 0.2) is 5.13 Å². The van der Waals surface area contributed by atoms with Crippen LogP contribution in [0.1, 0.15) is 23.7 Å². The van der Waals surface area contributed by atoms with Crippen LogP contribution in [0.25, 0.3) is 10.2 Å². The molecule has 0 aliphatic heterocycles. The molecule has 0 aliphatic rings. The Morgan fingerprint density at radius 1 is 1.14 bits per heavy atom. The number of aromatic nitrogens is 1. The van der Waals surface area contributed by atoms with E-state index in [1.807, 2.05) is 39.2 Å². The SMILES string of the molecule is CCOc1ccc2nc(N(CCCN(C)C)C(=O)c3ccc(F)cc3)sc2c1. The predicted octanol–water partition coefficient (Wildman–Crippen LogP) is 4.43. The van der Waals surface area contributed by atoms with Crippen molar-refractivity contribution in [3.63, 3.8) is 0 Å². The Hall–Kier alpha value is -2.51. The first-order chi connectivity index (χ1) is 13.5. The quantitative estimate of drug-likeness (QED) is 0.560. The van der Waals surface area contributed by atoms with E-state index in [0.717, 1.165) is 28.9 Å². The smallest absolute Gasteiger partial charge is 0.260 e. The van der Waals surface area contributed by atoms with Crippen molar-refractivity contribution in [2.24, 2.45) is 0 Å². The summed E-state index contributed by atoms with van der Waals surface area (Å²) in [5, 5.41) is 0.636. The number of anilines is 1. The summed E-state index contributed by atoms with van der Waals surface area (Å²) in [5.74, 6) is 0.246. The fourth-order valence-corrected chi connectivity index (χ4v) is 3.86. The van der Waals surface area contributed by atoms with E-state index in [0.29, 0.717) is 23.8 Å². The van der Waals surface area contributed by atoms with E-state index in [-0.39, 0.29) is 11.7 Å². The van der Waals surface area contributed by atoms with Crippen LogP contribution in [-0.4, -0.2) is 49.6 Å². The van der Waals surface area contributed by atoms with Gasteiger partial charge in [-0.2, -0.15) is 0 Å². The van der Waals surface area contributed by atoms with Gasteiger partial charge in [-0.1, -0.05) is 11.3 Å². The van der Waals surface area contributed by atoms with Gasteiger partial charge in [0.2, 0.25) is 0 Å². The third-order valence-corrected chi connectivity index (χ3v) is 5.26. The summed E-state index contributed by atoms with van der Waals surface area (Å²) in [6.07, 6.45) is 0.806. The maximum atomic E-state index is 13.3. The topological polar surface area (TPSA) is 45.7 Å². The zero-order valence-corrected chi connectivity index (χ0v) is 17.1. The molecule has 0 N–H and O–H groups in total. The molecule has 1 heterocycles. The highest BCUT2D eigenvalue weighted by Crippen LogP contribution is 2.32. The highest BCUT2D eigenvalue weighted by Gasteiger charge is 2.21. The molecule has 1 aromatic heterocycles. The molecule has 0 fully saturated rings. The molecule has 1 amide bonds. The van der Waals surface area contributed by atoms with Gasteiger partial charge in [0, 0.05) is 12.1 Å². The summed E-state index contributed by atoms with van der Waals surface area (Å²) < 4.78 is 19.8. The lowest BCUT2D eigenvalue weighted by Gasteiger charge is -2.21. The van der Waals surface area contributed by atoms with Crippen molar-refractivity contribution in [3.8, 4) is 5.75 Å². The van der Waals surface area contributed by atoms with Gasteiger partial charge in [-0.3, -0.25) is 9.69 Å². The molecular formula is C21H24FN3O2S. The predicted molar refractivity (Wildman–Crippen MR) is 112 cm³/mol. The second kappa shape index (κ2) is 9.12. The Morgan fingerprint density at radius 2 is 1.89 bits per heavy atom. The van der Waals surface area contributed by atoms with Gasteiger partial charge < -0.3 is 9.64 Å². The number of carbonyl (C=O) groups is 1. The van der Waals surface area contributed by atoms with Crippen LogP contribution < -0.4 is 9.64 Å². The average molecular weight is 402 g/mol. The normalized spacial score (nSPS) is 11.2. The molecule has 0 radical (unpaired) electrons. The lowest BCUT2D eigenvalue weighted by Crippen LogP contribution is -2.33. The minimum Gasteiger partial charge on any atom is -0.494 e. The van der Waals surface area contributed by atoms with Crippen LogP contribution in [0.5, 0.6) is 5.75 Å². The van der Waals surface area contributed by atoms with Crippen LogP contribution in [0, 0.1) is 5.82 Å². The number of benzene rings is 2. The molecule has 0 aliphatic carbocycles. The number of hydrogen-bond acceptors (Lipinski definition) is 5. The minimum absolute atomic E-state index is 0.178. The van der Waals surface area contributed by atoms with Crippen LogP contribution in [-0.2, 0) is 0 Å². The average Bonchev–Trinajstić information content (AvgIpc) is 3.08. The van der Waals surface area contributed by atoms with Crippen molar-refractivity contribution in [1.29, 1.82) is 0 Å². The first-order valence-electron chi connectivity index (χ1n) is 9.23. The van der Waals surface area contributed by atoms with Gasteiger partial charge >= 0.3 is 0 Å². The fourth-order valence-electron chi connectivity index (χ4n) is 2.84. The Balaban J connectivity index is 1.92. The summed E-state index contributed by atoms with van der Waals surface area (Å²) in [6, 6.07) is 11.4. The second-order valence-electron chi connectivity index (χ2n) is 6.68. The molecule has 0 bridgehead atoms. The zero-order chi connectivity index (χ0) is 20.1. The number of halogens is 1. The summed E-state index contributed by atoms with van der Waals surface area (Å²) in [7, 11) is 4.00. The van der Waals surface area contributed by atoms with E-state index in [4.69, 9.17) is 4.74 Å². The van der Waals surface area contributed by atoms with E-state index in [9.17, 15) is 9.18 Å². The summed E-state index contributed by atoms with van der Waals surface area (Å²) in [6.45, 7) is 3.92. The minimum atomic E-state index is -0.362. The second-order valence-corrected chi connectivity index (χ2v) is 7.69. The van der Waals surface area contributed by atoms with E-state index < -0.39 is 0 Å². The molecule has 3 rings (SSSR count). The van der Waals surface area contributed by atoms with E-state index in [1.54, 1.807) is 4.90 Å². The first-order valence-corrected chi connectivity index (χ1v) is 10.0. The van der Waals surface area contributed by atoms with Gasteiger partial charge in [0.25, 0.3) is 5.91 Å². The zero-order valence-electron chi connectivity index (χ0n) is 16.3. The van der Waals surface area contributed by atoms with E-state index >= 15 is 0 Å². The maximum absolute atomic E-state index is 13.3. The summed E-state index contributed by atoms with van der Waals surface area (Å²) >= 11 is 1.46. The molecule has 28 heavy (non-hydrogen) atoms. The lowest BCUT2D eigenvalue weighted by molar-refractivity contribution is 0.0986. The van der Waals surface area contributed by atoms with Crippen LogP contribution in [0.3, 0.4) is 0 Å². The van der Waals surface area contributed by atoms with Crippen molar-refractivity contribution >= 4 is 32.6 Å². The largest absolute Gasteiger partial charge is 0.494 e. The van der Waals surface area contributed by atoms with Crippen molar-refractivity contribution in [2.45, 2.75) is 13.3 Å². The number of nitrogens with zero attached hydrogens (tertiary/aromatic N) is 3. The molecule has 0 atom stereocenters. The van der Waals surface area contributed by atoms with E-state index in [2.05, 4.69) is 9.88 Å². The van der Waals surface area contributed by atoms with Gasteiger partial charge in [-0.15, -0.1) is 0 Å². The van der Waals surface area contributed by atoms with Crippen molar-refractivity contribution < 1.29 is 13.9 Å². The standard InChI is InChI=1S/C21H24FN3O2S/c1-4-27-17-10-11-18-19(14-17)28-21(23-18)25(13-5-12-24(2)3)20(26)15-6-8-16(22)9-7-15/h6-11,14H,4-5,12-13H2,1-3H3. The van der Waals surface area contributed by atoms with Crippen molar-refractivity contribution in [2.75, 3.05) is 38.7 Å². The number of carbonyl (C=O) groups excluding carboxylic acids is 1. The summed E-state index contributed by atoms with van der Waals surface area (Å²) in [5.41, 5.74) is 1.27. The van der Waals surface area contributed by atoms with Gasteiger partial charge in [0.05, 0.1) is 16.8 Å². The Bertz CT molecular complexity index is 940. The van der Waals surface area contributed by atoms with Crippen molar-refractivity contribution in [3.05, 3.63) is 53.8 Å². The molecule has 5 nitrogen and oxygen atoms in total. The Labute approximate surface area is 168 Å². The highest BCUT2D eigenvalue weighted by atomic mass is 32.1. The molecule has 2 aromatic carbocycles. The Morgan fingerprint density at radius 3 is 2.57 bits per heavy atom. The molecule has 7 heteroatoms. The van der Waals surface area contributed by atoms with Gasteiger partial charge in [-0.05, 0) is 76.4 Å². The summed E-state index contributed by atoms with van der Waals surface area (Å²) in [4.78, 5) is 21.5. The van der Waals surface area contributed by atoms with Crippen LogP contribution >= 0.6 is 11.3 Å². The van der Waals surface area contributed by atoms with Crippen molar-refractivity contribution in [1.82, 2.24) is 9.88 Å². The fraction of sp³-hybridized carbons (Fsp3) is 0.333. The number of ether oxygens (including phenoxy) is 1. The van der Waals surface area contributed by atoms with Crippen LogP contribution in [0.15, 0.2) is 42.5 Å². The Kier molecular flexibility index (Phi) is 6.59. The maximum Gasteiger partial charge on any atom is 0.260 e. The van der Waals surface area contributed by atoms with Gasteiger partial charge in [-0.25, -0.2) is 9.37 Å². The third-order valence-electron chi connectivity index (χ3n) is 4.21. The molecule has 0 spiro atoms. The molecule has 148 valence electrons. The number of rotatable bonds is 8. The number of amides is 1. The van der Waals surface area contributed by atoms with E-state index in [1.165, 1.54) is 35.6 Å². The number of hydrogen-bond donors (Lipinski definition) is 0. The number of fused-ring (bicyclic) bond motifs is 1. The highest BCUT2D eigenvalue weighted by molar-refractivity contribution is 7.22. The van der Waals surface area contributed by atoms with Gasteiger partial charge in [0.1, 0.15) is 11.6 Å². The molecule has 0 unspecified atom stereocenters. The van der Waals surface area contributed by atoms with Crippen LogP contribution in [0.4, 0.5) is 9.52 Å². The molecule has 0 saturated heterocycles. The first kappa shape index (κ1) is 20.2. The molecular weight excluding hydrogens is 377 g/mol. The number of thiazole rings is 1.